The van der Waals surface area contributed by atoms with Crippen LogP contribution in [0, 0.1) is 22.7 Å². The van der Waals surface area contributed by atoms with Gasteiger partial charge in [-0.25, -0.2) is 0 Å². The lowest BCUT2D eigenvalue weighted by Gasteiger charge is -2.17. The van der Waals surface area contributed by atoms with Crippen molar-refractivity contribution in [3.63, 3.8) is 0 Å². The summed E-state index contributed by atoms with van der Waals surface area (Å²) in [6, 6.07) is 42.4. The Labute approximate surface area is 452 Å². The van der Waals surface area contributed by atoms with Crippen molar-refractivity contribution in [2.75, 3.05) is 65.4 Å². The second-order valence-corrected chi connectivity index (χ2v) is 18.4. The molecule has 0 unspecified atom stereocenters. The molecule has 3 aliphatic rings. The van der Waals surface area contributed by atoms with Crippen molar-refractivity contribution in [1.82, 2.24) is 15.3 Å². The van der Waals surface area contributed by atoms with Crippen molar-refractivity contribution < 1.29 is 47.7 Å². The van der Waals surface area contributed by atoms with E-state index in [4.69, 9.17) is 48.4 Å². The Morgan fingerprint density at radius 3 is 1.44 bits per heavy atom. The van der Waals surface area contributed by atoms with Gasteiger partial charge in [0.15, 0.2) is 46.0 Å². The number of benzene rings is 6. The topological polar surface area (TPSA) is 242 Å². The molecule has 8 aromatic rings. The van der Waals surface area contributed by atoms with Gasteiger partial charge in [-0.2, -0.15) is 10.5 Å². The lowest BCUT2D eigenvalue weighted by Crippen LogP contribution is -2.32. The van der Waals surface area contributed by atoms with Crippen molar-refractivity contribution in [1.29, 1.82) is 10.5 Å². The maximum atomic E-state index is 10.3. The Morgan fingerprint density at radius 2 is 1.04 bits per heavy atom. The zero-order valence-corrected chi connectivity index (χ0v) is 43.7. The summed E-state index contributed by atoms with van der Waals surface area (Å²) in [6.45, 7) is 1.75. The molecular weight excluding hydrogens is 993 g/mol. The van der Waals surface area contributed by atoms with Crippen molar-refractivity contribution >= 4 is 44.6 Å². The number of nitrogens with one attached hydrogen (secondary N) is 3. The Bertz CT molecular complexity index is 3410. The van der Waals surface area contributed by atoms with Crippen molar-refractivity contribution in [3.05, 3.63) is 145 Å². The number of nitriles is 2. The molecule has 400 valence electrons. The average molecular weight is 1050 g/mol. The van der Waals surface area contributed by atoms with Gasteiger partial charge < -0.3 is 69.4 Å². The van der Waals surface area contributed by atoms with Crippen LogP contribution in [0.1, 0.15) is 36.8 Å². The summed E-state index contributed by atoms with van der Waals surface area (Å²) < 4.78 is 50.7. The minimum absolute atomic E-state index is 0.117. The van der Waals surface area contributed by atoms with Gasteiger partial charge in [0.1, 0.15) is 49.1 Å². The monoisotopic (exact) mass is 1050 g/mol. The molecule has 18 heteroatoms. The summed E-state index contributed by atoms with van der Waals surface area (Å²) >= 11 is 0. The van der Waals surface area contributed by atoms with E-state index in [0.717, 1.165) is 29.6 Å². The fraction of sp³-hybridized carbons (Fsp3) is 0.267. The van der Waals surface area contributed by atoms with Gasteiger partial charge in [0, 0.05) is 65.3 Å². The minimum atomic E-state index is -0.646. The molecule has 18 nitrogen and oxygen atoms in total. The fourth-order valence-corrected chi connectivity index (χ4v) is 7.82. The van der Waals surface area contributed by atoms with Crippen molar-refractivity contribution in [2.45, 2.75) is 50.0 Å². The second-order valence-electron chi connectivity index (χ2n) is 18.4. The van der Waals surface area contributed by atoms with Gasteiger partial charge >= 0.3 is 0 Å². The standard InChI is InChI=1S/C30H30N4O5.C27H23N3O5.C3H7N/c1-36-26-5-3-4-6-27(26)39-23-11-9-21(10-12-23)34-30-19(15-31)16-33-25-14-29(28(37-2)13-24(25)30)38-18-22(35)17-32-20-7-8-20;1-31-23-5-3-4-6-24(23)35-19-9-7-18(8-10-19)30-27-17(13-28)14-29-22-12-26(34-16-20-15-33-20)25(32-2)11-21(22)27;4-3-1-2-3/h3-6,9-14,16,20,22,32,35H,7-8,17-18H2,1-2H3,(H,33,34);3-12,14,20H,15-16H2,1-2H3,(H,29,30);3H,1-2,4H2/t22-;20-;/m00./s1. The highest BCUT2D eigenvalue weighted by Gasteiger charge is 2.25. The minimum Gasteiger partial charge on any atom is -0.493 e. The van der Waals surface area contributed by atoms with E-state index in [1.54, 1.807) is 46.8 Å². The number of epoxide rings is 1. The average Bonchev–Trinajstić information content (AvgIpc) is 4.39. The Balaban J connectivity index is 0.000000177. The molecule has 11 rings (SSSR count). The smallest absolute Gasteiger partial charge is 0.169 e. The van der Waals surface area contributed by atoms with Gasteiger partial charge in [0.25, 0.3) is 0 Å². The molecule has 0 radical (unpaired) electrons. The normalized spacial score (nSPS) is 14.4. The third-order valence-electron chi connectivity index (χ3n) is 12.5. The molecule has 3 fully saturated rings. The van der Waals surface area contributed by atoms with E-state index in [0.29, 0.717) is 128 Å². The first kappa shape index (κ1) is 53.8. The number of methoxy groups -OCH3 is 4. The molecule has 2 saturated carbocycles. The molecule has 1 saturated heterocycles. The van der Waals surface area contributed by atoms with Crippen LogP contribution in [0.4, 0.5) is 22.7 Å². The molecule has 0 bridgehead atoms. The zero-order valence-electron chi connectivity index (χ0n) is 43.7. The Hall–Kier alpha value is -9.04. The van der Waals surface area contributed by atoms with Crippen LogP contribution >= 0.6 is 0 Å². The maximum absolute atomic E-state index is 10.3. The third-order valence-corrected chi connectivity index (χ3v) is 12.5. The predicted octanol–water partition coefficient (Wildman–Crippen LogP) is 10.7. The van der Waals surface area contributed by atoms with Crippen molar-refractivity contribution in [2.24, 2.45) is 5.73 Å². The quantitative estimate of drug-likeness (QED) is 0.0420. The van der Waals surface area contributed by atoms with Crippen LogP contribution in [0.3, 0.4) is 0 Å². The third kappa shape index (κ3) is 14.3. The van der Waals surface area contributed by atoms with E-state index in [2.05, 4.69) is 38.1 Å². The zero-order chi connectivity index (χ0) is 54.4. The summed E-state index contributed by atoms with van der Waals surface area (Å²) in [6.07, 6.45) is 7.38. The highest BCUT2D eigenvalue weighted by atomic mass is 16.6. The summed E-state index contributed by atoms with van der Waals surface area (Å²) in [7, 11) is 6.33. The number of nitrogens with zero attached hydrogens (tertiary/aromatic N) is 4. The van der Waals surface area contributed by atoms with E-state index in [1.807, 2.05) is 109 Å². The van der Waals surface area contributed by atoms with E-state index in [1.165, 1.54) is 19.0 Å². The van der Waals surface area contributed by atoms with Gasteiger partial charge in [0.05, 0.1) is 68.6 Å². The van der Waals surface area contributed by atoms with Crippen LogP contribution in [0.5, 0.6) is 57.5 Å². The van der Waals surface area contributed by atoms with Crippen LogP contribution in [-0.2, 0) is 4.74 Å². The highest BCUT2D eigenvalue weighted by molar-refractivity contribution is 5.98. The molecule has 2 atom stereocenters. The molecule has 3 heterocycles. The van der Waals surface area contributed by atoms with Crippen LogP contribution in [0.2, 0.25) is 0 Å². The van der Waals surface area contributed by atoms with Crippen LogP contribution < -0.4 is 59.6 Å². The van der Waals surface area contributed by atoms with Crippen molar-refractivity contribution in [3.8, 4) is 69.6 Å². The molecule has 78 heavy (non-hydrogen) atoms. The molecule has 1 aliphatic heterocycles. The van der Waals surface area contributed by atoms with Gasteiger partial charge in [-0.1, -0.05) is 24.3 Å². The first-order valence-corrected chi connectivity index (χ1v) is 25.4. The first-order chi connectivity index (χ1) is 38.1. The number of ether oxygens (including phenoxy) is 9. The van der Waals surface area contributed by atoms with E-state index < -0.39 is 6.10 Å². The summed E-state index contributed by atoms with van der Waals surface area (Å²) in [5.41, 5.74) is 10.1. The number of hydrogen-bond donors (Lipinski definition) is 5. The summed E-state index contributed by atoms with van der Waals surface area (Å²) in [4.78, 5) is 8.91. The number of fused-ring (bicyclic) bond motifs is 2. The molecule has 0 spiro atoms. The van der Waals surface area contributed by atoms with Gasteiger partial charge in [0.2, 0.25) is 0 Å². The van der Waals surface area contributed by atoms with Gasteiger partial charge in [-0.15, -0.1) is 0 Å². The number of pyridine rings is 2. The molecule has 6 N–H and O–H groups in total. The largest absolute Gasteiger partial charge is 0.493 e. The molecular formula is C60H60N8O10. The molecule has 2 aliphatic carbocycles. The number of rotatable bonds is 21. The molecule has 2 aromatic heterocycles. The lowest BCUT2D eigenvalue weighted by molar-refractivity contribution is 0.104. The van der Waals surface area contributed by atoms with Crippen LogP contribution in [0.25, 0.3) is 21.8 Å². The number of anilines is 4. The van der Waals surface area contributed by atoms with Gasteiger partial charge in [-0.3, -0.25) is 9.97 Å². The number of aliphatic hydroxyl groups is 1. The number of hydrogen-bond acceptors (Lipinski definition) is 18. The first-order valence-electron chi connectivity index (χ1n) is 25.4. The predicted molar refractivity (Wildman–Crippen MR) is 297 cm³/mol. The number of aromatic nitrogens is 2. The summed E-state index contributed by atoms with van der Waals surface area (Å²) in [5, 5.41) is 41.2. The Morgan fingerprint density at radius 1 is 0.603 bits per heavy atom. The van der Waals surface area contributed by atoms with E-state index in [9.17, 15) is 15.6 Å². The SMILES string of the molecule is COc1cc2c(Nc3ccc(Oc4ccccc4OC)cc3)c(C#N)cnc2cc1OC[C@@H](O)CNC1CC1.COc1cc2c(Nc3ccc(Oc4ccccc4OC)cc3)c(C#N)cnc2cc1OC[C@@H]1CO1.NC1CC1. The van der Waals surface area contributed by atoms with Gasteiger partial charge in [-0.05, 0) is 111 Å². The number of aliphatic hydroxyl groups excluding tert-OH is 1. The summed E-state index contributed by atoms with van der Waals surface area (Å²) in [5.74, 6) is 5.91. The highest BCUT2D eigenvalue weighted by Crippen LogP contribution is 2.40. The number of para-hydroxylation sites is 4. The fourth-order valence-electron chi connectivity index (χ4n) is 7.82. The lowest BCUT2D eigenvalue weighted by atomic mass is 10.1. The second kappa shape index (κ2) is 25.7. The molecule has 0 amide bonds. The molecule has 6 aromatic carbocycles. The van der Waals surface area contributed by atoms with Crippen LogP contribution in [-0.4, -0.2) is 94.2 Å². The number of nitrogens with two attached hydrogens (primary N) is 1. The van der Waals surface area contributed by atoms with E-state index >= 15 is 0 Å². The van der Waals surface area contributed by atoms with E-state index in [-0.39, 0.29) is 12.7 Å². The maximum Gasteiger partial charge on any atom is 0.169 e. The van der Waals surface area contributed by atoms with Crippen LogP contribution in [0.15, 0.2) is 134 Å². The Kier molecular flexibility index (Phi) is 17.7.